The molecule has 0 saturated heterocycles. The van der Waals surface area contributed by atoms with Gasteiger partial charge in [0, 0.05) is 17.9 Å². The molecule has 4 nitrogen and oxygen atoms in total. The van der Waals surface area contributed by atoms with Crippen molar-refractivity contribution in [3.05, 3.63) is 53.9 Å². The first-order chi connectivity index (χ1) is 8.66. The molecule has 0 bridgehead atoms. The van der Waals surface area contributed by atoms with E-state index >= 15 is 0 Å². The van der Waals surface area contributed by atoms with Gasteiger partial charge < -0.3 is 14.8 Å². The van der Waals surface area contributed by atoms with Gasteiger partial charge in [0.05, 0.1) is 0 Å². The highest BCUT2D eigenvalue weighted by Gasteiger charge is 2.17. The van der Waals surface area contributed by atoms with Gasteiger partial charge in [-0.15, -0.1) is 0 Å². The van der Waals surface area contributed by atoms with Gasteiger partial charge in [-0.05, 0) is 30.7 Å². The second-order valence-electron chi connectivity index (χ2n) is 4.06. The molecule has 0 amide bonds. The van der Waals surface area contributed by atoms with Crippen LogP contribution in [0.5, 0.6) is 5.75 Å². The lowest BCUT2D eigenvalue weighted by molar-refractivity contribution is 0.306. The van der Waals surface area contributed by atoms with Crippen LogP contribution in [0.25, 0.3) is 0 Å². The van der Waals surface area contributed by atoms with Gasteiger partial charge in [0.25, 0.3) is 0 Å². The van der Waals surface area contributed by atoms with Crippen molar-refractivity contribution >= 4 is 12.6 Å². The van der Waals surface area contributed by atoms with Crippen LogP contribution in [0.1, 0.15) is 11.1 Å². The Morgan fingerprint density at radius 1 is 1.17 bits per heavy atom. The van der Waals surface area contributed by atoms with E-state index in [2.05, 4.69) is 4.98 Å². The molecule has 1 aromatic heterocycles. The summed E-state index contributed by atoms with van der Waals surface area (Å²) >= 11 is 0. The molecule has 0 saturated carbocycles. The van der Waals surface area contributed by atoms with Gasteiger partial charge in [0.15, 0.2) is 0 Å². The zero-order valence-corrected chi connectivity index (χ0v) is 10.1. The zero-order chi connectivity index (χ0) is 13.0. The maximum absolute atomic E-state index is 9.29. The summed E-state index contributed by atoms with van der Waals surface area (Å²) in [4.78, 5) is 3.92. The maximum atomic E-state index is 9.29. The smallest absolute Gasteiger partial charge is 0.489 e. The molecule has 0 aliphatic heterocycles. The molecule has 2 aromatic rings. The number of pyridine rings is 1. The molecule has 1 aromatic carbocycles. The number of hydrogen-bond donors (Lipinski definition) is 2. The molecule has 92 valence electrons. The standard InChI is InChI=1S/C13H14BNO3/c1-10-2-3-13(12(8-10)14(16)17)18-9-11-4-6-15-7-5-11/h2-8,16-17H,9H2,1H3. The van der Waals surface area contributed by atoms with Crippen molar-refractivity contribution in [1.82, 2.24) is 4.98 Å². The van der Waals surface area contributed by atoms with Crippen LogP contribution in [0.3, 0.4) is 0 Å². The van der Waals surface area contributed by atoms with Gasteiger partial charge in [-0.25, -0.2) is 0 Å². The number of nitrogens with zero attached hydrogens (tertiary/aromatic N) is 1. The normalized spacial score (nSPS) is 10.2. The van der Waals surface area contributed by atoms with Crippen molar-refractivity contribution < 1.29 is 14.8 Å². The second kappa shape index (κ2) is 5.66. The van der Waals surface area contributed by atoms with E-state index < -0.39 is 7.12 Å². The predicted molar refractivity (Wildman–Crippen MR) is 69.6 cm³/mol. The minimum absolute atomic E-state index is 0.366. The van der Waals surface area contributed by atoms with E-state index in [0.717, 1.165) is 11.1 Å². The van der Waals surface area contributed by atoms with Crippen molar-refractivity contribution in [3.8, 4) is 5.75 Å². The van der Waals surface area contributed by atoms with Crippen molar-refractivity contribution in [2.24, 2.45) is 0 Å². The average Bonchev–Trinajstić information content (AvgIpc) is 2.38. The van der Waals surface area contributed by atoms with Crippen LogP contribution in [0.15, 0.2) is 42.7 Å². The first kappa shape index (κ1) is 12.6. The Balaban J connectivity index is 2.14. The Kier molecular flexibility index (Phi) is 3.97. The number of aromatic nitrogens is 1. The highest BCUT2D eigenvalue weighted by Crippen LogP contribution is 2.12. The summed E-state index contributed by atoms with van der Waals surface area (Å²) in [5, 5.41) is 18.6. The largest absolute Gasteiger partial charge is 0.492 e. The SMILES string of the molecule is Cc1ccc(OCc2ccncc2)c(B(O)O)c1. The molecule has 0 fully saturated rings. The number of benzene rings is 1. The molecule has 0 radical (unpaired) electrons. The molecule has 0 atom stereocenters. The molecule has 18 heavy (non-hydrogen) atoms. The number of hydrogen-bond acceptors (Lipinski definition) is 4. The fraction of sp³-hybridized carbons (Fsp3) is 0.154. The van der Waals surface area contributed by atoms with Crippen LogP contribution in [0.4, 0.5) is 0 Å². The van der Waals surface area contributed by atoms with E-state index in [1.807, 2.05) is 25.1 Å². The van der Waals surface area contributed by atoms with Crippen LogP contribution in [-0.4, -0.2) is 22.2 Å². The van der Waals surface area contributed by atoms with Gasteiger partial charge in [0.2, 0.25) is 0 Å². The van der Waals surface area contributed by atoms with Crippen LogP contribution in [-0.2, 0) is 6.61 Å². The van der Waals surface area contributed by atoms with Gasteiger partial charge >= 0.3 is 7.12 Å². The Bertz CT molecular complexity index is 517. The summed E-state index contributed by atoms with van der Waals surface area (Å²) in [6.07, 6.45) is 3.38. The molecule has 1 heterocycles. The van der Waals surface area contributed by atoms with Gasteiger partial charge in [-0.2, -0.15) is 0 Å². The lowest BCUT2D eigenvalue weighted by Gasteiger charge is -2.11. The fourth-order valence-corrected chi connectivity index (χ4v) is 1.64. The number of rotatable bonds is 4. The first-order valence-electron chi connectivity index (χ1n) is 5.65. The van der Waals surface area contributed by atoms with Gasteiger partial charge in [0.1, 0.15) is 12.4 Å². The van der Waals surface area contributed by atoms with Crippen LogP contribution in [0, 0.1) is 6.92 Å². The summed E-state index contributed by atoms with van der Waals surface area (Å²) in [6.45, 7) is 2.25. The Morgan fingerprint density at radius 2 is 1.89 bits per heavy atom. The Hall–Kier alpha value is -1.85. The topological polar surface area (TPSA) is 62.6 Å². The summed E-state index contributed by atoms with van der Waals surface area (Å²) < 4.78 is 5.59. The predicted octanol–water partition coefficient (Wildman–Crippen LogP) is 0.649. The minimum Gasteiger partial charge on any atom is -0.489 e. The molecule has 0 spiro atoms. The Labute approximate surface area is 106 Å². The summed E-state index contributed by atoms with van der Waals surface area (Å²) in [7, 11) is -1.53. The third-order valence-corrected chi connectivity index (χ3v) is 2.59. The molecular formula is C13H14BNO3. The van der Waals surface area contributed by atoms with Gasteiger partial charge in [-0.3, -0.25) is 4.98 Å². The fourth-order valence-electron chi connectivity index (χ4n) is 1.64. The third kappa shape index (κ3) is 3.09. The average molecular weight is 243 g/mol. The lowest BCUT2D eigenvalue weighted by Crippen LogP contribution is -2.31. The van der Waals surface area contributed by atoms with E-state index in [1.54, 1.807) is 24.5 Å². The van der Waals surface area contributed by atoms with Crippen molar-refractivity contribution in [1.29, 1.82) is 0 Å². The van der Waals surface area contributed by atoms with Crippen LogP contribution in [0.2, 0.25) is 0 Å². The summed E-state index contributed by atoms with van der Waals surface area (Å²) in [6, 6.07) is 9.01. The van der Waals surface area contributed by atoms with E-state index in [1.165, 1.54) is 0 Å². The third-order valence-electron chi connectivity index (χ3n) is 2.59. The molecule has 0 aliphatic rings. The first-order valence-corrected chi connectivity index (χ1v) is 5.65. The monoisotopic (exact) mass is 243 g/mol. The van der Waals surface area contributed by atoms with Crippen molar-refractivity contribution in [3.63, 3.8) is 0 Å². The van der Waals surface area contributed by atoms with Crippen molar-refractivity contribution in [2.45, 2.75) is 13.5 Å². The van der Waals surface area contributed by atoms with Crippen LogP contribution < -0.4 is 10.2 Å². The molecule has 5 heteroatoms. The van der Waals surface area contributed by atoms with Crippen molar-refractivity contribution in [2.75, 3.05) is 0 Å². The number of ether oxygens (including phenoxy) is 1. The van der Waals surface area contributed by atoms with E-state index in [-0.39, 0.29) is 0 Å². The Morgan fingerprint density at radius 3 is 2.56 bits per heavy atom. The van der Waals surface area contributed by atoms with Crippen LogP contribution >= 0.6 is 0 Å². The van der Waals surface area contributed by atoms with E-state index in [0.29, 0.717) is 17.8 Å². The zero-order valence-electron chi connectivity index (χ0n) is 10.1. The quantitative estimate of drug-likeness (QED) is 0.774. The highest BCUT2D eigenvalue weighted by atomic mass is 16.5. The van der Waals surface area contributed by atoms with E-state index in [9.17, 15) is 10.0 Å². The molecule has 0 unspecified atom stereocenters. The highest BCUT2D eigenvalue weighted by molar-refractivity contribution is 6.59. The molecule has 0 aliphatic carbocycles. The summed E-state index contributed by atoms with van der Waals surface area (Å²) in [5.41, 5.74) is 2.31. The summed E-state index contributed by atoms with van der Waals surface area (Å²) in [5.74, 6) is 0.479. The maximum Gasteiger partial charge on any atom is 0.492 e. The molecule has 2 N–H and O–H groups in total. The molecule has 2 rings (SSSR count). The van der Waals surface area contributed by atoms with E-state index in [4.69, 9.17) is 4.74 Å². The second-order valence-corrected chi connectivity index (χ2v) is 4.06. The van der Waals surface area contributed by atoms with Gasteiger partial charge in [-0.1, -0.05) is 17.7 Å². The molecular weight excluding hydrogens is 229 g/mol. The number of aryl methyl sites for hydroxylation is 1. The minimum atomic E-state index is -1.53. The lowest BCUT2D eigenvalue weighted by atomic mass is 9.79.